The highest BCUT2D eigenvalue weighted by atomic mass is 16.2. The molecule has 0 saturated carbocycles. The zero-order valence-corrected chi connectivity index (χ0v) is 14.8. The van der Waals surface area contributed by atoms with Crippen molar-refractivity contribution in [3.63, 3.8) is 0 Å². The Bertz CT molecular complexity index is 681. The van der Waals surface area contributed by atoms with E-state index in [1.807, 2.05) is 34.0 Å². The van der Waals surface area contributed by atoms with Crippen LogP contribution in [0.4, 0.5) is 0 Å². The molecule has 0 radical (unpaired) electrons. The van der Waals surface area contributed by atoms with Gasteiger partial charge in [-0.2, -0.15) is 4.98 Å². The number of rotatable bonds is 6. The van der Waals surface area contributed by atoms with Gasteiger partial charge in [0.25, 0.3) is 11.7 Å². The van der Waals surface area contributed by atoms with Gasteiger partial charge in [0.1, 0.15) is 0 Å². The van der Waals surface area contributed by atoms with Gasteiger partial charge in [-0.15, -0.1) is 5.10 Å². The number of hydrogen-bond donors (Lipinski definition) is 1. The molecule has 2 heterocycles. The number of carbonyl (C=O) groups excluding carboxylic acids is 1. The number of aryl methyl sites for hydroxylation is 2. The maximum atomic E-state index is 12.5. The minimum absolute atomic E-state index is 0.0694. The Hall–Kier alpha value is -2.02. The molecule has 0 aliphatic carbocycles. The third-order valence-corrected chi connectivity index (χ3v) is 3.50. The Morgan fingerprint density at radius 3 is 2.61 bits per heavy atom. The fraction of sp³-hybridized carbons (Fsp3) is 0.625. The van der Waals surface area contributed by atoms with Crippen LogP contribution < -0.4 is 5.32 Å². The molecule has 1 unspecified atom stereocenters. The highest BCUT2D eigenvalue weighted by Crippen LogP contribution is 2.08. The van der Waals surface area contributed by atoms with Gasteiger partial charge in [0.05, 0.1) is 0 Å². The van der Waals surface area contributed by atoms with Gasteiger partial charge in [-0.3, -0.25) is 4.79 Å². The molecule has 0 saturated heterocycles. The quantitative estimate of drug-likeness (QED) is 0.872. The van der Waals surface area contributed by atoms with Gasteiger partial charge < -0.3 is 10.2 Å². The SMILES string of the molecule is Cc1cc(C)n2nc(C(=O)NC(CC(C)C)CN(C)C)nc2n1. The molecule has 0 aromatic carbocycles. The molecular formula is C16H26N6O. The van der Waals surface area contributed by atoms with Crippen molar-refractivity contribution in [2.75, 3.05) is 20.6 Å². The van der Waals surface area contributed by atoms with E-state index in [1.54, 1.807) is 4.52 Å². The minimum Gasteiger partial charge on any atom is -0.345 e. The third-order valence-electron chi connectivity index (χ3n) is 3.50. The van der Waals surface area contributed by atoms with Crippen LogP contribution in [0.25, 0.3) is 5.78 Å². The maximum absolute atomic E-state index is 12.5. The first-order valence-electron chi connectivity index (χ1n) is 7.93. The first kappa shape index (κ1) is 17.3. The van der Waals surface area contributed by atoms with Crippen molar-refractivity contribution >= 4 is 11.7 Å². The van der Waals surface area contributed by atoms with E-state index < -0.39 is 0 Å². The summed E-state index contributed by atoms with van der Waals surface area (Å²) in [6, 6.07) is 1.98. The van der Waals surface area contributed by atoms with Crippen LogP contribution in [0.3, 0.4) is 0 Å². The number of carbonyl (C=O) groups is 1. The summed E-state index contributed by atoms with van der Waals surface area (Å²) in [6.07, 6.45) is 0.910. The lowest BCUT2D eigenvalue weighted by Gasteiger charge is -2.23. The van der Waals surface area contributed by atoms with Gasteiger partial charge in [0, 0.05) is 24.0 Å². The molecule has 0 fully saturated rings. The fourth-order valence-electron chi connectivity index (χ4n) is 2.70. The summed E-state index contributed by atoms with van der Waals surface area (Å²) >= 11 is 0. The van der Waals surface area contributed by atoms with Crippen molar-refractivity contribution in [3.05, 3.63) is 23.3 Å². The monoisotopic (exact) mass is 318 g/mol. The van der Waals surface area contributed by atoms with Crippen LogP contribution in [0.5, 0.6) is 0 Å². The molecule has 1 N–H and O–H groups in total. The Balaban J connectivity index is 2.20. The predicted octanol–water partition coefficient (Wildman–Crippen LogP) is 1.45. The van der Waals surface area contributed by atoms with Gasteiger partial charge >= 0.3 is 0 Å². The molecule has 0 spiro atoms. The summed E-state index contributed by atoms with van der Waals surface area (Å²) < 4.78 is 1.60. The molecule has 2 aromatic rings. The van der Waals surface area contributed by atoms with E-state index >= 15 is 0 Å². The standard InChI is InChI=1S/C16H26N6O/c1-10(2)7-13(9-21(5)6)18-15(23)14-19-16-17-11(3)8-12(4)22(16)20-14/h8,10,13H,7,9H2,1-6H3,(H,18,23). The molecule has 126 valence electrons. The maximum Gasteiger partial charge on any atom is 0.291 e. The summed E-state index contributed by atoms with van der Waals surface area (Å²) in [7, 11) is 4.00. The van der Waals surface area contributed by atoms with Gasteiger partial charge in [-0.05, 0) is 46.3 Å². The van der Waals surface area contributed by atoms with Crippen molar-refractivity contribution in [1.29, 1.82) is 0 Å². The summed E-state index contributed by atoms with van der Waals surface area (Å²) in [5, 5.41) is 7.33. The van der Waals surface area contributed by atoms with E-state index in [2.05, 4.69) is 39.1 Å². The van der Waals surface area contributed by atoms with E-state index in [4.69, 9.17) is 0 Å². The topological polar surface area (TPSA) is 75.4 Å². The normalized spacial score (nSPS) is 13.0. The molecule has 0 aliphatic heterocycles. The predicted molar refractivity (Wildman–Crippen MR) is 89.5 cm³/mol. The molecule has 2 rings (SSSR count). The van der Waals surface area contributed by atoms with Crippen LogP contribution in [0, 0.1) is 19.8 Å². The number of nitrogens with zero attached hydrogens (tertiary/aromatic N) is 5. The molecule has 2 aromatic heterocycles. The third kappa shape index (κ3) is 4.48. The van der Waals surface area contributed by atoms with Gasteiger partial charge in [-0.1, -0.05) is 13.8 Å². The van der Waals surface area contributed by atoms with Gasteiger partial charge in [-0.25, -0.2) is 9.50 Å². The van der Waals surface area contributed by atoms with Crippen LogP contribution >= 0.6 is 0 Å². The zero-order valence-electron chi connectivity index (χ0n) is 14.8. The highest BCUT2D eigenvalue weighted by Gasteiger charge is 2.20. The van der Waals surface area contributed by atoms with E-state index in [0.717, 1.165) is 24.4 Å². The van der Waals surface area contributed by atoms with Crippen LogP contribution in [0.2, 0.25) is 0 Å². The molecule has 0 bridgehead atoms. The average Bonchev–Trinajstić information content (AvgIpc) is 2.81. The Morgan fingerprint density at radius 1 is 1.30 bits per heavy atom. The lowest BCUT2D eigenvalue weighted by Crippen LogP contribution is -2.42. The van der Waals surface area contributed by atoms with Crippen LogP contribution in [0.1, 0.15) is 42.3 Å². The van der Waals surface area contributed by atoms with Crippen LogP contribution in [0.15, 0.2) is 6.07 Å². The summed E-state index contributed by atoms with van der Waals surface area (Å²) in [5.74, 6) is 0.875. The molecule has 7 heteroatoms. The molecule has 1 atom stereocenters. The van der Waals surface area contributed by atoms with Crippen LogP contribution in [-0.2, 0) is 0 Å². The number of amides is 1. The van der Waals surface area contributed by atoms with E-state index in [9.17, 15) is 4.79 Å². The van der Waals surface area contributed by atoms with Crippen LogP contribution in [-0.4, -0.2) is 57.1 Å². The first-order valence-corrected chi connectivity index (χ1v) is 7.93. The van der Waals surface area contributed by atoms with Gasteiger partial charge in [0.15, 0.2) is 0 Å². The number of aromatic nitrogens is 4. The fourth-order valence-corrected chi connectivity index (χ4v) is 2.70. The van der Waals surface area contributed by atoms with Gasteiger partial charge in [0.2, 0.25) is 5.82 Å². The zero-order chi connectivity index (χ0) is 17.1. The number of hydrogen-bond acceptors (Lipinski definition) is 5. The second-order valence-electron chi connectivity index (χ2n) is 6.75. The largest absolute Gasteiger partial charge is 0.345 e. The van der Waals surface area contributed by atoms with E-state index in [-0.39, 0.29) is 17.8 Å². The smallest absolute Gasteiger partial charge is 0.291 e. The summed E-state index contributed by atoms with van der Waals surface area (Å²) in [5.41, 5.74) is 1.77. The van der Waals surface area contributed by atoms with E-state index in [0.29, 0.717) is 11.7 Å². The van der Waals surface area contributed by atoms with Crippen molar-refractivity contribution in [2.24, 2.45) is 5.92 Å². The minimum atomic E-state index is -0.250. The molecule has 23 heavy (non-hydrogen) atoms. The first-order chi connectivity index (χ1) is 10.8. The Morgan fingerprint density at radius 2 is 2.00 bits per heavy atom. The molecule has 7 nitrogen and oxygen atoms in total. The Kier molecular flexibility index (Phi) is 5.30. The number of nitrogens with one attached hydrogen (secondary N) is 1. The van der Waals surface area contributed by atoms with Crippen molar-refractivity contribution in [3.8, 4) is 0 Å². The van der Waals surface area contributed by atoms with Crippen molar-refractivity contribution < 1.29 is 4.79 Å². The molecule has 1 amide bonds. The number of fused-ring (bicyclic) bond motifs is 1. The average molecular weight is 318 g/mol. The highest BCUT2D eigenvalue weighted by molar-refractivity contribution is 5.91. The summed E-state index contributed by atoms with van der Waals surface area (Å²) in [4.78, 5) is 23.1. The second-order valence-corrected chi connectivity index (χ2v) is 6.75. The lowest BCUT2D eigenvalue weighted by atomic mass is 10.0. The number of likely N-dealkylation sites (N-methyl/N-ethyl adjacent to an activating group) is 1. The summed E-state index contributed by atoms with van der Waals surface area (Å²) in [6.45, 7) is 8.90. The van der Waals surface area contributed by atoms with E-state index in [1.165, 1.54) is 0 Å². The van der Waals surface area contributed by atoms with Crippen molar-refractivity contribution in [1.82, 2.24) is 29.8 Å². The second kappa shape index (κ2) is 7.04. The molecule has 0 aliphatic rings. The Labute approximate surface area is 137 Å². The van der Waals surface area contributed by atoms with Crippen molar-refractivity contribution in [2.45, 2.75) is 40.2 Å². The lowest BCUT2D eigenvalue weighted by molar-refractivity contribution is 0.0914. The molecular weight excluding hydrogens is 292 g/mol.